The summed E-state index contributed by atoms with van der Waals surface area (Å²) in [6.45, 7) is 8.66. The first kappa shape index (κ1) is 25.9. The fourth-order valence-corrected chi connectivity index (χ4v) is 3.40. The Balaban J connectivity index is 3.01. The van der Waals surface area contributed by atoms with E-state index in [1.807, 2.05) is 0 Å². The van der Waals surface area contributed by atoms with E-state index >= 15 is 0 Å². The van der Waals surface area contributed by atoms with Crippen molar-refractivity contribution >= 4 is 0 Å². The number of hydrogen-bond acceptors (Lipinski definition) is 1. The zero-order chi connectivity index (χ0) is 19.3. The maximum absolute atomic E-state index is 11.9. The lowest BCUT2D eigenvalue weighted by atomic mass is 9.91. The Morgan fingerprint density at radius 3 is 1.23 bits per heavy atom. The monoisotopic (exact) mass is 372 g/mol. The number of alkyl halides is 1. The molecule has 0 aromatic heterocycles. The van der Waals surface area contributed by atoms with Gasteiger partial charge in [-0.05, 0) is 31.1 Å². The number of unbranched alkanes of at least 4 members (excludes halogenated alkanes) is 14. The predicted octanol–water partition coefficient (Wildman–Crippen LogP) is 8.65. The van der Waals surface area contributed by atoms with Crippen molar-refractivity contribution in [3.05, 3.63) is 0 Å². The normalized spacial score (nSPS) is 12.0. The minimum Gasteiger partial charge on any atom is -0.381 e. The minimum absolute atomic E-state index is 0.133. The van der Waals surface area contributed by atoms with Crippen LogP contribution in [-0.4, -0.2) is 19.9 Å². The van der Waals surface area contributed by atoms with Gasteiger partial charge in [0.15, 0.2) is 0 Å². The van der Waals surface area contributed by atoms with E-state index in [0.29, 0.717) is 5.41 Å². The van der Waals surface area contributed by atoms with Gasteiger partial charge in [-0.1, -0.05) is 104 Å². The zero-order valence-electron chi connectivity index (χ0n) is 18.4. The van der Waals surface area contributed by atoms with Crippen LogP contribution in [0.3, 0.4) is 0 Å². The summed E-state index contributed by atoms with van der Waals surface area (Å²) in [5.74, 6) is 0. The van der Waals surface area contributed by atoms with E-state index in [-0.39, 0.29) is 6.67 Å². The Bertz CT molecular complexity index is 259. The molecule has 1 nitrogen and oxygen atoms in total. The molecule has 0 spiro atoms. The Kier molecular flexibility index (Phi) is 19.6. The van der Waals surface area contributed by atoms with Crippen LogP contribution >= 0.6 is 0 Å². The van der Waals surface area contributed by atoms with E-state index in [4.69, 9.17) is 4.74 Å². The highest BCUT2D eigenvalue weighted by molar-refractivity contribution is 4.60. The summed E-state index contributed by atoms with van der Waals surface area (Å²) in [6.07, 6.45) is 22.0. The van der Waals surface area contributed by atoms with E-state index in [1.165, 1.54) is 96.3 Å². The summed E-state index contributed by atoms with van der Waals surface area (Å²) < 4.78 is 17.7. The van der Waals surface area contributed by atoms with Crippen LogP contribution in [0.1, 0.15) is 130 Å². The maximum Gasteiger partial charge on any atom is 0.0894 e. The summed E-state index contributed by atoms with van der Waals surface area (Å²) in [6, 6.07) is 0. The van der Waals surface area contributed by atoms with Crippen molar-refractivity contribution in [2.45, 2.75) is 130 Å². The van der Waals surface area contributed by atoms with E-state index in [9.17, 15) is 4.39 Å². The third-order valence-electron chi connectivity index (χ3n) is 5.14. The Morgan fingerprint density at radius 2 is 0.846 bits per heavy atom. The molecule has 0 aliphatic carbocycles. The van der Waals surface area contributed by atoms with Gasteiger partial charge in [0.2, 0.25) is 0 Å². The summed E-state index contributed by atoms with van der Waals surface area (Å²) in [7, 11) is 0. The molecule has 0 heterocycles. The van der Waals surface area contributed by atoms with Crippen LogP contribution in [0.5, 0.6) is 0 Å². The fraction of sp³-hybridized carbons (Fsp3) is 1.00. The van der Waals surface area contributed by atoms with Gasteiger partial charge in [-0.15, -0.1) is 0 Å². The number of halogens is 1. The highest BCUT2D eigenvalue weighted by Gasteiger charge is 2.08. The molecular weight excluding hydrogens is 323 g/mol. The first-order valence-electron chi connectivity index (χ1n) is 11.7. The zero-order valence-corrected chi connectivity index (χ0v) is 18.4. The smallest absolute Gasteiger partial charge is 0.0894 e. The van der Waals surface area contributed by atoms with Gasteiger partial charge in [0, 0.05) is 13.2 Å². The number of hydrogen-bond donors (Lipinski definition) is 0. The van der Waals surface area contributed by atoms with Crippen molar-refractivity contribution in [1.82, 2.24) is 0 Å². The highest BCUT2D eigenvalue weighted by atomic mass is 19.1. The second-order valence-electron chi connectivity index (χ2n) is 9.27. The molecule has 0 aromatic carbocycles. The molecule has 158 valence electrons. The third-order valence-corrected chi connectivity index (χ3v) is 5.14. The van der Waals surface area contributed by atoms with Crippen LogP contribution in [0.15, 0.2) is 0 Å². The highest BCUT2D eigenvalue weighted by Crippen LogP contribution is 2.20. The van der Waals surface area contributed by atoms with Crippen LogP contribution in [0, 0.1) is 5.41 Å². The largest absolute Gasteiger partial charge is 0.381 e. The molecule has 2 heteroatoms. The molecule has 0 rings (SSSR count). The van der Waals surface area contributed by atoms with Gasteiger partial charge < -0.3 is 4.74 Å². The minimum atomic E-state index is -0.133. The fourth-order valence-electron chi connectivity index (χ4n) is 3.40. The topological polar surface area (TPSA) is 9.23 Å². The van der Waals surface area contributed by atoms with E-state index < -0.39 is 0 Å². The molecule has 0 bridgehead atoms. The van der Waals surface area contributed by atoms with Gasteiger partial charge >= 0.3 is 0 Å². The lowest BCUT2D eigenvalue weighted by molar-refractivity contribution is 0.118. The van der Waals surface area contributed by atoms with Crippen molar-refractivity contribution in [2.75, 3.05) is 19.9 Å². The first-order chi connectivity index (χ1) is 12.6. The molecule has 0 aliphatic heterocycles. The summed E-state index contributed by atoms with van der Waals surface area (Å²) >= 11 is 0. The van der Waals surface area contributed by atoms with E-state index in [0.717, 1.165) is 26.1 Å². The molecule has 0 atom stereocenters. The van der Waals surface area contributed by atoms with Crippen molar-refractivity contribution in [3.8, 4) is 0 Å². The predicted molar refractivity (Wildman–Crippen MR) is 115 cm³/mol. The quantitative estimate of drug-likeness (QED) is 0.194. The molecular formula is C24H49FO. The van der Waals surface area contributed by atoms with Crippen LogP contribution < -0.4 is 0 Å². The summed E-state index contributed by atoms with van der Waals surface area (Å²) in [4.78, 5) is 0. The summed E-state index contributed by atoms with van der Waals surface area (Å²) in [5, 5.41) is 0. The van der Waals surface area contributed by atoms with Crippen LogP contribution in [0.25, 0.3) is 0 Å². The average molecular weight is 373 g/mol. The van der Waals surface area contributed by atoms with Crippen LogP contribution in [0.2, 0.25) is 0 Å². The van der Waals surface area contributed by atoms with Crippen LogP contribution in [0.4, 0.5) is 4.39 Å². The average Bonchev–Trinajstić information content (AvgIpc) is 2.59. The molecule has 0 amide bonds. The lowest BCUT2D eigenvalue weighted by Gasteiger charge is -2.17. The molecule has 0 radical (unpaired) electrons. The van der Waals surface area contributed by atoms with Gasteiger partial charge in [0.25, 0.3) is 0 Å². The molecule has 0 fully saturated rings. The second kappa shape index (κ2) is 19.6. The van der Waals surface area contributed by atoms with Gasteiger partial charge in [-0.25, -0.2) is 0 Å². The number of rotatable bonds is 20. The standard InChI is InChI=1S/C24H49FO/c1-24(2,3)20-19-23-26-22-18-16-14-12-10-8-6-4-5-7-9-11-13-15-17-21-25/h4-23H2,1-3H3. The van der Waals surface area contributed by atoms with Crippen molar-refractivity contribution in [2.24, 2.45) is 5.41 Å². The van der Waals surface area contributed by atoms with Gasteiger partial charge in [-0.3, -0.25) is 4.39 Å². The molecule has 0 N–H and O–H groups in total. The molecule has 0 saturated heterocycles. The third kappa shape index (κ3) is 23.9. The Hall–Kier alpha value is -0.110. The van der Waals surface area contributed by atoms with Crippen molar-refractivity contribution < 1.29 is 9.13 Å². The molecule has 0 aromatic rings. The second-order valence-corrected chi connectivity index (χ2v) is 9.27. The Labute approximate surface area is 164 Å². The van der Waals surface area contributed by atoms with Gasteiger partial charge in [0.1, 0.15) is 0 Å². The van der Waals surface area contributed by atoms with Crippen molar-refractivity contribution in [3.63, 3.8) is 0 Å². The summed E-state index contributed by atoms with van der Waals surface area (Å²) in [5.41, 5.74) is 0.445. The molecule has 0 aliphatic rings. The lowest BCUT2D eigenvalue weighted by Crippen LogP contribution is -2.07. The van der Waals surface area contributed by atoms with E-state index in [1.54, 1.807) is 0 Å². The number of ether oxygens (including phenoxy) is 1. The van der Waals surface area contributed by atoms with Gasteiger partial charge in [0.05, 0.1) is 6.67 Å². The maximum atomic E-state index is 11.9. The first-order valence-corrected chi connectivity index (χ1v) is 11.7. The molecule has 0 unspecified atom stereocenters. The van der Waals surface area contributed by atoms with Gasteiger partial charge in [-0.2, -0.15) is 0 Å². The molecule has 26 heavy (non-hydrogen) atoms. The molecule has 0 saturated carbocycles. The SMILES string of the molecule is CC(C)(C)CCCOCCCCCCCCCCCCCCCCCF. The Morgan fingerprint density at radius 1 is 0.500 bits per heavy atom. The van der Waals surface area contributed by atoms with Crippen LogP contribution in [-0.2, 0) is 4.74 Å². The van der Waals surface area contributed by atoms with Crippen molar-refractivity contribution in [1.29, 1.82) is 0 Å². The van der Waals surface area contributed by atoms with E-state index in [2.05, 4.69) is 20.8 Å².